The molecule has 0 saturated carbocycles. The summed E-state index contributed by atoms with van der Waals surface area (Å²) in [4.78, 5) is 0. The maximum absolute atomic E-state index is 12.3. The molecule has 0 aromatic heterocycles. The van der Waals surface area contributed by atoms with Crippen molar-refractivity contribution in [1.82, 2.24) is 0 Å². The Morgan fingerprint density at radius 3 is 2.05 bits per heavy atom. The normalized spacial score (nSPS) is 11.9. The highest BCUT2D eigenvalue weighted by atomic mass is 19.4. The lowest BCUT2D eigenvalue weighted by atomic mass is 10.2. The van der Waals surface area contributed by atoms with Gasteiger partial charge in [0.2, 0.25) is 0 Å². The first-order valence-electron chi connectivity index (χ1n) is 5.33. The summed E-state index contributed by atoms with van der Waals surface area (Å²) in [5.41, 5.74) is -0.0138. The fourth-order valence-corrected chi connectivity index (χ4v) is 1.39. The van der Waals surface area contributed by atoms with Gasteiger partial charge >= 0.3 is 6.18 Å². The quantitative estimate of drug-likeness (QED) is 0.777. The highest BCUT2D eigenvalue weighted by molar-refractivity contribution is 5.44. The van der Waals surface area contributed by atoms with Crippen molar-refractivity contribution in [1.29, 1.82) is 0 Å². The fourth-order valence-electron chi connectivity index (χ4n) is 1.39. The van der Waals surface area contributed by atoms with Crippen LogP contribution in [0.2, 0.25) is 0 Å². The van der Waals surface area contributed by atoms with Crippen molar-refractivity contribution >= 4 is 11.4 Å². The highest BCUT2D eigenvalue weighted by Gasteiger charge is 2.29. The molecular weight excluding hydrogens is 257 g/mol. The van der Waals surface area contributed by atoms with E-state index in [1.54, 1.807) is 12.1 Å². The lowest BCUT2D eigenvalue weighted by Gasteiger charge is -2.05. The van der Waals surface area contributed by atoms with Gasteiger partial charge in [-0.2, -0.15) is 23.4 Å². The van der Waals surface area contributed by atoms with Gasteiger partial charge in [0.1, 0.15) is 5.75 Å². The Morgan fingerprint density at radius 2 is 1.47 bits per heavy atom. The molecule has 2 aromatic rings. The molecule has 0 aliphatic carbocycles. The van der Waals surface area contributed by atoms with Crippen molar-refractivity contribution in [3.8, 4) is 5.75 Å². The minimum absolute atomic E-state index is 0.0452. The van der Waals surface area contributed by atoms with Crippen molar-refractivity contribution in [2.24, 2.45) is 10.2 Å². The van der Waals surface area contributed by atoms with Crippen LogP contribution < -0.4 is 0 Å². The average Bonchev–Trinajstić information content (AvgIpc) is 2.36. The molecule has 0 bridgehead atoms. The van der Waals surface area contributed by atoms with E-state index in [-0.39, 0.29) is 5.75 Å². The van der Waals surface area contributed by atoms with Crippen LogP contribution in [0.3, 0.4) is 0 Å². The molecule has 0 atom stereocenters. The third kappa shape index (κ3) is 3.54. The zero-order valence-electron chi connectivity index (χ0n) is 9.59. The van der Waals surface area contributed by atoms with Gasteiger partial charge in [-0.1, -0.05) is 6.07 Å². The van der Waals surface area contributed by atoms with Crippen LogP contribution in [0.4, 0.5) is 24.5 Å². The Labute approximate surface area is 107 Å². The summed E-state index contributed by atoms with van der Waals surface area (Å²) >= 11 is 0. The van der Waals surface area contributed by atoms with Gasteiger partial charge in [-0.05, 0) is 36.4 Å². The van der Waals surface area contributed by atoms with Gasteiger partial charge in [-0.15, -0.1) is 0 Å². The van der Waals surface area contributed by atoms with E-state index in [1.165, 1.54) is 24.3 Å². The van der Waals surface area contributed by atoms with Crippen LogP contribution in [0.15, 0.2) is 58.8 Å². The molecule has 0 spiro atoms. The van der Waals surface area contributed by atoms with E-state index in [4.69, 9.17) is 0 Å². The van der Waals surface area contributed by atoms with Crippen LogP contribution in [-0.4, -0.2) is 5.11 Å². The van der Waals surface area contributed by atoms with Gasteiger partial charge in [0.25, 0.3) is 0 Å². The number of nitrogens with zero attached hydrogens (tertiary/aromatic N) is 2. The molecule has 3 nitrogen and oxygen atoms in total. The predicted octanol–water partition coefficient (Wildman–Crippen LogP) is 4.83. The van der Waals surface area contributed by atoms with Crippen molar-refractivity contribution in [3.05, 3.63) is 54.1 Å². The van der Waals surface area contributed by atoms with Crippen LogP contribution in [0.1, 0.15) is 5.56 Å². The number of halogens is 3. The van der Waals surface area contributed by atoms with Crippen molar-refractivity contribution in [2.45, 2.75) is 6.18 Å². The van der Waals surface area contributed by atoms with E-state index < -0.39 is 11.7 Å². The number of azo groups is 1. The second-order valence-electron chi connectivity index (χ2n) is 3.76. The number of benzene rings is 2. The standard InChI is InChI=1S/C13H9F3N2O/c14-13(15,16)9-4-6-10(7-5-9)17-18-11-2-1-3-12(19)8-11/h1-8,19H. The molecule has 0 amide bonds. The summed E-state index contributed by atoms with van der Waals surface area (Å²) < 4.78 is 37.0. The topological polar surface area (TPSA) is 45.0 Å². The van der Waals surface area contributed by atoms with Crippen LogP contribution in [-0.2, 0) is 6.18 Å². The number of alkyl halides is 3. The Morgan fingerprint density at radius 1 is 0.842 bits per heavy atom. The monoisotopic (exact) mass is 266 g/mol. The van der Waals surface area contributed by atoms with E-state index in [2.05, 4.69) is 10.2 Å². The molecule has 0 saturated heterocycles. The maximum Gasteiger partial charge on any atom is 0.416 e. The lowest BCUT2D eigenvalue weighted by Crippen LogP contribution is -2.03. The summed E-state index contributed by atoms with van der Waals surface area (Å²) in [6.07, 6.45) is -4.36. The number of aromatic hydroxyl groups is 1. The number of hydrogen-bond donors (Lipinski definition) is 1. The smallest absolute Gasteiger partial charge is 0.416 e. The van der Waals surface area contributed by atoms with Crippen LogP contribution >= 0.6 is 0 Å². The van der Waals surface area contributed by atoms with Gasteiger partial charge in [-0.25, -0.2) is 0 Å². The molecule has 0 aliphatic rings. The highest BCUT2D eigenvalue weighted by Crippen LogP contribution is 2.30. The number of hydrogen-bond acceptors (Lipinski definition) is 3. The Kier molecular flexibility index (Phi) is 3.50. The number of rotatable bonds is 2. The van der Waals surface area contributed by atoms with E-state index >= 15 is 0 Å². The van der Waals surface area contributed by atoms with Crippen LogP contribution in [0.25, 0.3) is 0 Å². The minimum Gasteiger partial charge on any atom is -0.508 e. The van der Waals surface area contributed by atoms with Gasteiger partial charge in [-0.3, -0.25) is 0 Å². The molecule has 0 heterocycles. The maximum atomic E-state index is 12.3. The molecule has 2 aromatic carbocycles. The summed E-state index contributed by atoms with van der Waals surface area (Å²) in [7, 11) is 0. The zero-order chi connectivity index (χ0) is 13.9. The van der Waals surface area contributed by atoms with Crippen LogP contribution in [0, 0.1) is 0 Å². The van der Waals surface area contributed by atoms with E-state index in [9.17, 15) is 18.3 Å². The summed E-state index contributed by atoms with van der Waals surface area (Å²) in [6, 6.07) is 10.4. The second kappa shape index (κ2) is 5.09. The molecule has 2 rings (SSSR count). The Balaban J connectivity index is 2.16. The molecule has 98 valence electrons. The molecule has 19 heavy (non-hydrogen) atoms. The van der Waals surface area contributed by atoms with Gasteiger partial charge in [0.05, 0.1) is 16.9 Å². The van der Waals surface area contributed by atoms with Crippen LogP contribution in [0.5, 0.6) is 5.75 Å². The fraction of sp³-hybridized carbons (Fsp3) is 0.0769. The average molecular weight is 266 g/mol. The van der Waals surface area contributed by atoms with E-state index in [0.717, 1.165) is 12.1 Å². The molecular formula is C13H9F3N2O. The molecule has 1 N–H and O–H groups in total. The largest absolute Gasteiger partial charge is 0.508 e. The first kappa shape index (κ1) is 13.1. The third-order valence-corrected chi connectivity index (χ3v) is 2.31. The SMILES string of the molecule is Oc1cccc(N=Nc2ccc(C(F)(F)F)cc2)c1. The number of phenolic OH excluding ortho intramolecular Hbond substituents is 1. The Bertz CT molecular complexity index is 592. The molecule has 6 heteroatoms. The summed E-state index contributed by atoms with van der Waals surface area (Å²) in [6.45, 7) is 0. The van der Waals surface area contributed by atoms with Crippen molar-refractivity contribution in [3.63, 3.8) is 0 Å². The first-order chi connectivity index (χ1) is 8.95. The van der Waals surface area contributed by atoms with Gasteiger partial charge < -0.3 is 5.11 Å². The minimum atomic E-state index is -4.36. The molecule has 0 fully saturated rings. The first-order valence-corrected chi connectivity index (χ1v) is 5.33. The van der Waals surface area contributed by atoms with Crippen molar-refractivity contribution in [2.75, 3.05) is 0 Å². The van der Waals surface area contributed by atoms with Crippen molar-refractivity contribution < 1.29 is 18.3 Å². The van der Waals surface area contributed by atoms with E-state index in [1.807, 2.05) is 0 Å². The predicted molar refractivity (Wildman–Crippen MR) is 63.7 cm³/mol. The molecule has 0 radical (unpaired) electrons. The zero-order valence-corrected chi connectivity index (χ0v) is 9.59. The molecule has 0 unspecified atom stereocenters. The Hall–Kier alpha value is -2.37. The lowest BCUT2D eigenvalue weighted by molar-refractivity contribution is -0.137. The number of phenols is 1. The summed E-state index contributed by atoms with van der Waals surface area (Å²) in [5, 5.41) is 16.8. The summed E-state index contributed by atoms with van der Waals surface area (Å²) in [5.74, 6) is 0.0452. The third-order valence-electron chi connectivity index (χ3n) is 2.31. The van der Waals surface area contributed by atoms with E-state index in [0.29, 0.717) is 11.4 Å². The second-order valence-corrected chi connectivity index (χ2v) is 3.76. The molecule has 0 aliphatic heterocycles. The van der Waals surface area contributed by atoms with Gasteiger partial charge in [0.15, 0.2) is 0 Å². The van der Waals surface area contributed by atoms with Gasteiger partial charge in [0, 0.05) is 6.07 Å².